The first-order valence-corrected chi connectivity index (χ1v) is 9.75. The first-order valence-electron chi connectivity index (χ1n) is 8.87. The van der Waals surface area contributed by atoms with Crippen molar-refractivity contribution in [2.45, 2.75) is 51.2 Å². The van der Waals surface area contributed by atoms with Gasteiger partial charge < -0.3 is 5.32 Å². The Morgan fingerprint density at radius 3 is 2.65 bits per heavy atom. The standard InChI is InChI=1S/C20H26N2S/c1-15-8-10-23-20(15)13-21-18-7-4-9-22(14-18)19-11-16-5-2-3-6-17(16)12-19/h2-3,5-6,8,10,18-19,21H,4,7,9,11-14H2,1H3. The highest BCUT2D eigenvalue weighted by atomic mass is 32.1. The summed E-state index contributed by atoms with van der Waals surface area (Å²) in [5.41, 5.74) is 4.57. The number of rotatable bonds is 4. The van der Waals surface area contributed by atoms with E-state index >= 15 is 0 Å². The number of fused-ring (bicyclic) bond motifs is 1. The molecule has 0 radical (unpaired) electrons. The summed E-state index contributed by atoms with van der Waals surface area (Å²) >= 11 is 1.88. The highest BCUT2D eigenvalue weighted by Gasteiger charge is 2.30. The van der Waals surface area contributed by atoms with Crippen LogP contribution >= 0.6 is 11.3 Å². The van der Waals surface area contributed by atoms with E-state index in [-0.39, 0.29) is 0 Å². The molecule has 23 heavy (non-hydrogen) atoms. The van der Waals surface area contributed by atoms with Crippen LogP contribution in [0.2, 0.25) is 0 Å². The van der Waals surface area contributed by atoms with Gasteiger partial charge >= 0.3 is 0 Å². The van der Waals surface area contributed by atoms with Gasteiger partial charge in [0.2, 0.25) is 0 Å². The second-order valence-electron chi connectivity index (χ2n) is 7.07. The third-order valence-corrected chi connectivity index (χ3v) is 6.54. The third kappa shape index (κ3) is 3.37. The fourth-order valence-electron chi connectivity index (χ4n) is 4.12. The minimum Gasteiger partial charge on any atom is -0.308 e. The lowest BCUT2D eigenvalue weighted by Crippen LogP contribution is -2.49. The van der Waals surface area contributed by atoms with Gasteiger partial charge in [-0.15, -0.1) is 11.3 Å². The minimum absolute atomic E-state index is 0.647. The van der Waals surface area contributed by atoms with E-state index in [0.29, 0.717) is 6.04 Å². The summed E-state index contributed by atoms with van der Waals surface area (Å²) in [5.74, 6) is 0. The fourth-order valence-corrected chi connectivity index (χ4v) is 4.98. The van der Waals surface area contributed by atoms with Crippen LogP contribution in [-0.2, 0) is 19.4 Å². The summed E-state index contributed by atoms with van der Waals surface area (Å²) in [6.07, 6.45) is 5.13. The number of benzene rings is 1. The van der Waals surface area contributed by atoms with E-state index in [1.165, 1.54) is 49.2 Å². The zero-order chi connectivity index (χ0) is 15.6. The van der Waals surface area contributed by atoms with E-state index in [9.17, 15) is 0 Å². The third-order valence-electron chi connectivity index (χ3n) is 5.52. The van der Waals surface area contributed by atoms with Crippen molar-refractivity contribution in [3.05, 3.63) is 57.3 Å². The molecule has 122 valence electrons. The summed E-state index contributed by atoms with van der Waals surface area (Å²) in [6.45, 7) is 5.74. The van der Waals surface area contributed by atoms with E-state index in [2.05, 4.69) is 52.9 Å². The Morgan fingerprint density at radius 2 is 1.96 bits per heavy atom. The van der Waals surface area contributed by atoms with Crippen LogP contribution in [0.25, 0.3) is 0 Å². The van der Waals surface area contributed by atoms with Crippen LogP contribution in [0.15, 0.2) is 35.7 Å². The molecule has 4 rings (SSSR count). The van der Waals surface area contributed by atoms with Gasteiger partial charge in [0.25, 0.3) is 0 Å². The number of aryl methyl sites for hydroxylation is 1. The van der Waals surface area contributed by atoms with E-state index in [0.717, 1.165) is 12.6 Å². The van der Waals surface area contributed by atoms with Crippen LogP contribution in [0, 0.1) is 6.92 Å². The van der Waals surface area contributed by atoms with Crippen molar-refractivity contribution in [3.8, 4) is 0 Å². The molecule has 1 fully saturated rings. The molecule has 0 saturated carbocycles. The molecule has 3 heteroatoms. The monoisotopic (exact) mass is 326 g/mol. The van der Waals surface area contributed by atoms with Crippen LogP contribution in [0.1, 0.15) is 34.4 Å². The molecule has 1 aliphatic carbocycles. The van der Waals surface area contributed by atoms with Gasteiger partial charge in [0.1, 0.15) is 0 Å². The molecule has 1 atom stereocenters. The van der Waals surface area contributed by atoms with Gasteiger partial charge in [0.15, 0.2) is 0 Å². The van der Waals surface area contributed by atoms with Crippen molar-refractivity contribution in [3.63, 3.8) is 0 Å². The second-order valence-corrected chi connectivity index (χ2v) is 8.07. The summed E-state index contributed by atoms with van der Waals surface area (Å²) in [5, 5.41) is 6.01. The summed E-state index contributed by atoms with van der Waals surface area (Å²) in [4.78, 5) is 4.23. The van der Waals surface area contributed by atoms with Crippen LogP contribution in [0.3, 0.4) is 0 Å². The normalized spacial score (nSPS) is 22.4. The number of nitrogens with one attached hydrogen (secondary N) is 1. The molecule has 1 aromatic heterocycles. The van der Waals surface area contributed by atoms with Gasteiger partial charge in [-0.3, -0.25) is 4.90 Å². The summed E-state index contributed by atoms with van der Waals surface area (Å²) in [7, 11) is 0. The smallest absolute Gasteiger partial charge is 0.0305 e. The van der Waals surface area contributed by atoms with Crippen molar-refractivity contribution in [2.24, 2.45) is 0 Å². The Labute approximate surface area is 143 Å². The highest BCUT2D eigenvalue weighted by molar-refractivity contribution is 7.10. The summed E-state index contributed by atoms with van der Waals surface area (Å²) in [6, 6.07) is 12.6. The number of nitrogens with zero attached hydrogens (tertiary/aromatic N) is 1. The van der Waals surface area contributed by atoms with Gasteiger partial charge in [-0.2, -0.15) is 0 Å². The van der Waals surface area contributed by atoms with E-state index in [4.69, 9.17) is 0 Å². The topological polar surface area (TPSA) is 15.3 Å². The Hall–Kier alpha value is -1.16. The maximum atomic E-state index is 3.81. The molecule has 2 nitrogen and oxygen atoms in total. The Bertz CT molecular complexity index is 638. The Balaban J connectivity index is 1.34. The van der Waals surface area contributed by atoms with Crippen LogP contribution in [0.5, 0.6) is 0 Å². The van der Waals surface area contributed by atoms with Crippen molar-refractivity contribution in [1.82, 2.24) is 10.2 Å². The molecule has 1 N–H and O–H groups in total. The van der Waals surface area contributed by atoms with Gasteiger partial charge in [0, 0.05) is 30.1 Å². The van der Waals surface area contributed by atoms with Crippen LogP contribution in [0.4, 0.5) is 0 Å². The molecule has 1 aromatic carbocycles. The Kier molecular flexibility index (Phi) is 4.52. The molecule has 2 aromatic rings. The predicted octanol–water partition coefficient (Wildman–Crippen LogP) is 3.78. The molecular weight excluding hydrogens is 300 g/mol. The first kappa shape index (κ1) is 15.4. The molecule has 1 saturated heterocycles. The number of hydrogen-bond donors (Lipinski definition) is 1. The number of piperidine rings is 1. The van der Waals surface area contributed by atoms with Gasteiger partial charge in [-0.25, -0.2) is 0 Å². The fraction of sp³-hybridized carbons (Fsp3) is 0.500. The predicted molar refractivity (Wildman–Crippen MR) is 98.1 cm³/mol. The maximum Gasteiger partial charge on any atom is 0.0305 e. The molecule has 1 aliphatic heterocycles. The SMILES string of the molecule is Cc1ccsc1CNC1CCCN(C2Cc3ccccc3C2)C1. The lowest BCUT2D eigenvalue weighted by atomic mass is 10.0. The van der Waals surface area contributed by atoms with Crippen molar-refractivity contribution in [1.29, 1.82) is 0 Å². The quantitative estimate of drug-likeness (QED) is 0.920. The highest BCUT2D eigenvalue weighted by Crippen LogP contribution is 2.27. The van der Waals surface area contributed by atoms with Gasteiger partial charge in [-0.1, -0.05) is 24.3 Å². The average molecular weight is 327 g/mol. The van der Waals surface area contributed by atoms with E-state index < -0.39 is 0 Å². The average Bonchev–Trinajstić information content (AvgIpc) is 3.19. The van der Waals surface area contributed by atoms with E-state index in [1.807, 2.05) is 11.3 Å². The van der Waals surface area contributed by atoms with Crippen LogP contribution < -0.4 is 5.32 Å². The first-order chi connectivity index (χ1) is 11.3. The lowest BCUT2D eigenvalue weighted by Gasteiger charge is -2.37. The second kappa shape index (κ2) is 6.76. The largest absolute Gasteiger partial charge is 0.308 e. The van der Waals surface area contributed by atoms with Crippen LogP contribution in [-0.4, -0.2) is 30.1 Å². The Morgan fingerprint density at radius 1 is 1.17 bits per heavy atom. The molecule has 1 unspecified atom stereocenters. The number of hydrogen-bond acceptors (Lipinski definition) is 3. The molecule has 0 amide bonds. The van der Waals surface area contributed by atoms with Gasteiger partial charge in [-0.05, 0) is 67.3 Å². The van der Waals surface area contributed by atoms with Gasteiger partial charge in [0.05, 0.1) is 0 Å². The molecule has 2 aliphatic rings. The lowest BCUT2D eigenvalue weighted by molar-refractivity contribution is 0.140. The molecule has 2 heterocycles. The van der Waals surface area contributed by atoms with Crippen molar-refractivity contribution < 1.29 is 0 Å². The molecular formula is C20H26N2S. The van der Waals surface area contributed by atoms with E-state index in [1.54, 1.807) is 11.1 Å². The molecule has 0 bridgehead atoms. The van der Waals surface area contributed by atoms with Crippen molar-refractivity contribution in [2.75, 3.05) is 13.1 Å². The zero-order valence-electron chi connectivity index (χ0n) is 13.9. The zero-order valence-corrected chi connectivity index (χ0v) is 14.7. The molecule has 0 spiro atoms. The maximum absolute atomic E-state index is 3.81. The number of thiophene rings is 1. The summed E-state index contributed by atoms with van der Waals surface area (Å²) < 4.78 is 0. The number of likely N-dealkylation sites (tertiary alicyclic amines) is 1. The van der Waals surface area contributed by atoms with Crippen molar-refractivity contribution >= 4 is 11.3 Å². The minimum atomic E-state index is 0.647.